The molecule has 0 radical (unpaired) electrons. The number of rotatable bonds is 8. The summed E-state index contributed by atoms with van der Waals surface area (Å²) >= 11 is 0. The highest BCUT2D eigenvalue weighted by Crippen LogP contribution is 2.53. The number of carbonyl (C=O) groups excluding carboxylic acids is 4. The van der Waals surface area contributed by atoms with Crippen LogP contribution >= 0.6 is 0 Å². The number of methoxy groups -OCH3 is 1. The average molecular weight is 552 g/mol. The van der Waals surface area contributed by atoms with E-state index >= 15 is 0 Å². The molecule has 0 aromatic heterocycles. The number of ether oxygens (including phenoxy) is 2. The van der Waals surface area contributed by atoms with E-state index < -0.39 is 41.7 Å². The van der Waals surface area contributed by atoms with Gasteiger partial charge in [0.1, 0.15) is 11.8 Å². The van der Waals surface area contributed by atoms with Crippen molar-refractivity contribution in [3.05, 3.63) is 95.1 Å². The van der Waals surface area contributed by atoms with E-state index in [4.69, 9.17) is 9.47 Å². The Bertz CT molecular complexity index is 1550. The zero-order chi connectivity index (χ0) is 28.7. The van der Waals surface area contributed by atoms with Gasteiger partial charge in [-0.25, -0.2) is 9.69 Å². The van der Waals surface area contributed by atoms with E-state index in [0.29, 0.717) is 29.2 Å². The Kier molecular flexibility index (Phi) is 6.86. The molecular weight excluding hydrogens is 522 g/mol. The number of Topliss-reactive ketones (excluding diaryl/α,β-unsaturated/α-hetero) is 1. The Balaban J connectivity index is 1.36. The average Bonchev–Trinajstić information content (AvgIpc) is 3.49. The molecule has 3 aliphatic heterocycles. The predicted molar refractivity (Wildman–Crippen MR) is 151 cm³/mol. The first kappa shape index (κ1) is 26.4. The van der Waals surface area contributed by atoms with Gasteiger partial charge in [0.15, 0.2) is 5.78 Å². The van der Waals surface area contributed by atoms with Gasteiger partial charge in [0.2, 0.25) is 11.8 Å². The largest absolute Gasteiger partial charge is 0.497 e. The molecule has 4 atom stereocenters. The summed E-state index contributed by atoms with van der Waals surface area (Å²) in [7, 11) is 1.54. The number of hydrogen-bond acceptors (Lipinski definition) is 8. The van der Waals surface area contributed by atoms with Crippen LogP contribution in [0.25, 0.3) is 0 Å². The first-order valence-electron chi connectivity index (χ1n) is 13.7. The van der Waals surface area contributed by atoms with Gasteiger partial charge in [-0.3, -0.25) is 19.4 Å². The van der Waals surface area contributed by atoms with Crippen molar-refractivity contribution >= 4 is 35.5 Å². The van der Waals surface area contributed by atoms with E-state index in [9.17, 15) is 19.2 Å². The van der Waals surface area contributed by atoms with Gasteiger partial charge in [-0.1, -0.05) is 37.6 Å². The molecule has 0 aliphatic carbocycles. The molecule has 3 aromatic rings. The van der Waals surface area contributed by atoms with Crippen molar-refractivity contribution in [3.8, 4) is 5.75 Å². The molecule has 0 N–H and O–H groups in total. The lowest BCUT2D eigenvalue weighted by Crippen LogP contribution is -2.44. The highest BCUT2D eigenvalue weighted by Gasteiger charge is 2.65. The number of hydrazone groups is 1. The van der Waals surface area contributed by atoms with Crippen molar-refractivity contribution in [2.45, 2.75) is 31.8 Å². The molecule has 9 heteroatoms. The van der Waals surface area contributed by atoms with Crippen LogP contribution in [0.4, 0.5) is 5.69 Å². The number of ketones is 1. The van der Waals surface area contributed by atoms with Gasteiger partial charge in [0, 0.05) is 5.56 Å². The van der Waals surface area contributed by atoms with Crippen LogP contribution in [-0.2, 0) is 14.3 Å². The van der Waals surface area contributed by atoms with Gasteiger partial charge < -0.3 is 9.47 Å². The fourth-order valence-corrected chi connectivity index (χ4v) is 5.99. The molecule has 9 nitrogen and oxygen atoms in total. The summed E-state index contributed by atoms with van der Waals surface area (Å²) in [5.74, 6) is -2.77. The van der Waals surface area contributed by atoms with E-state index in [0.717, 1.165) is 28.9 Å². The first-order valence-corrected chi connectivity index (χ1v) is 13.7. The number of amides is 2. The second kappa shape index (κ2) is 10.6. The number of imide groups is 1. The number of unbranched alkanes of at least 4 members (excludes halogenated alkanes) is 1. The number of esters is 1. The number of anilines is 1. The van der Waals surface area contributed by atoms with Crippen LogP contribution in [-0.4, -0.2) is 54.5 Å². The van der Waals surface area contributed by atoms with Gasteiger partial charge >= 0.3 is 5.97 Å². The standard InChI is InChI=1S/C32H29N3O6/c1-3-4-17-41-32(39)20-9-13-22(14-10-20)34-30(37)25-26(31(34)38)28(29(36)19-11-15-23(40-2)16-12-19)35-27(25)24-8-6-5-7-21(24)18-33-35/h5-16,18,25-28H,3-4,17H2,1-2H3/t25-,26+,27?,28-/m0/s1. The molecule has 0 spiro atoms. The normalized spacial score (nSPS) is 22.3. The topological polar surface area (TPSA) is 106 Å². The Hall–Kier alpha value is -4.79. The minimum atomic E-state index is -0.975. The summed E-state index contributed by atoms with van der Waals surface area (Å²) in [4.78, 5) is 55.6. The second-order valence-electron chi connectivity index (χ2n) is 10.3. The summed E-state index contributed by atoms with van der Waals surface area (Å²) in [6, 6.07) is 18.9. The van der Waals surface area contributed by atoms with Crippen molar-refractivity contribution in [3.63, 3.8) is 0 Å². The molecule has 2 fully saturated rings. The number of carbonyl (C=O) groups is 4. The molecule has 0 bridgehead atoms. The molecule has 0 saturated carbocycles. The maximum atomic E-state index is 14.1. The van der Waals surface area contributed by atoms with Gasteiger partial charge in [-0.2, -0.15) is 5.10 Å². The monoisotopic (exact) mass is 551 g/mol. The van der Waals surface area contributed by atoms with E-state index in [1.54, 1.807) is 66.9 Å². The van der Waals surface area contributed by atoms with E-state index in [1.165, 1.54) is 0 Å². The van der Waals surface area contributed by atoms with Crippen LogP contribution in [0.15, 0.2) is 77.9 Å². The van der Waals surface area contributed by atoms with Gasteiger partial charge in [0.05, 0.1) is 49.1 Å². The third kappa shape index (κ3) is 4.38. The van der Waals surface area contributed by atoms with Crippen molar-refractivity contribution in [2.24, 2.45) is 16.9 Å². The zero-order valence-corrected chi connectivity index (χ0v) is 22.7. The Morgan fingerprint density at radius 2 is 1.56 bits per heavy atom. The van der Waals surface area contributed by atoms with Crippen molar-refractivity contribution in [1.82, 2.24) is 5.01 Å². The van der Waals surface area contributed by atoms with Gasteiger partial charge in [-0.05, 0) is 66.1 Å². The summed E-state index contributed by atoms with van der Waals surface area (Å²) in [6.07, 6.45) is 3.35. The molecule has 6 rings (SSSR count). The quantitative estimate of drug-likeness (QED) is 0.177. The van der Waals surface area contributed by atoms with Gasteiger partial charge in [0.25, 0.3) is 0 Å². The van der Waals surface area contributed by atoms with Crippen molar-refractivity contribution in [1.29, 1.82) is 0 Å². The fourth-order valence-electron chi connectivity index (χ4n) is 5.99. The Morgan fingerprint density at radius 3 is 2.27 bits per heavy atom. The zero-order valence-electron chi connectivity index (χ0n) is 22.7. The molecule has 1 unspecified atom stereocenters. The van der Waals surface area contributed by atoms with Crippen LogP contribution < -0.4 is 9.64 Å². The number of benzene rings is 3. The van der Waals surface area contributed by atoms with Crippen LogP contribution in [0.3, 0.4) is 0 Å². The lowest BCUT2D eigenvalue weighted by Gasteiger charge is -2.33. The van der Waals surface area contributed by atoms with E-state index in [-0.39, 0.29) is 5.78 Å². The lowest BCUT2D eigenvalue weighted by atomic mass is 9.83. The summed E-state index contributed by atoms with van der Waals surface area (Å²) < 4.78 is 10.5. The lowest BCUT2D eigenvalue weighted by molar-refractivity contribution is -0.124. The van der Waals surface area contributed by atoms with Crippen LogP contribution in [0.2, 0.25) is 0 Å². The minimum Gasteiger partial charge on any atom is -0.497 e. The van der Waals surface area contributed by atoms with Crippen LogP contribution in [0, 0.1) is 11.8 Å². The maximum absolute atomic E-state index is 14.1. The maximum Gasteiger partial charge on any atom is 0.338 e. The minimum absolute atomic E-state index is 0.296. The SMILES string of the molecule is CCCCOC(=O)c1ccc(N2C(=O)[C@@H]3[C@H](C2=O)C2c4ccccc4C=NN2[C@@H]3C(=O)c2ccc(OC)cc2)cc1. The molecule has 2 amide bonds. The molecule has 3 aliphatic rings. The molecule has 41 heavy (non-hydrogen) atoms. The van der Waals surface area contributed by atoms with Gasteiger partial charge in [-0.15, -0.1) is 0 Å². The number of nitrogens with zero attached hydrogens (tertiary/aromatic N) is 3. The Labute approximate surface area is 237 Å². The highest BCUT2D eigenvalue weighted by molar-refractivity contribution is 6.24. The summed E-state index contributed by atoms with van der Waals surface area (Å²) in [5, 5.41) is 6.23. The fraction of sp³-hybridized carbons (Fsp3) is 0.281. The molecule has 3 heterocycles. The summed E-state index contributed by atoms with van der Waals surface area (Å²) in [6.45, 7) is 2.34. The highest BCUT2D eigenvalue weighted by atomic mass is 16.5. The third-order valence-electron chi connectivity index (χ3n) is 8.03. The number of fused-ring (bicyclic) bond motifs is 5. The first-order chi connectivity index (χ1) is 19.9. The van der Waals surface area contributed by atoms with Crippen molar-refractivity contribution in [2.75, 3.05) is 18.6 Å². The molecule has 208 valence electrons. The van der Waals surface area contributed by atoms with Crippen molar-refractivity contribution < 1.29 is 28.7 Å². The van der Waals surface area contributed by atoms with E-state index in [1.807, 2.05) is 31.2 Å². The Morgan fingerprint density at radius 1 is 0.878 bits per heavy atom. The third-order valence-corrected chi connectivity index (χ3v) is 8.03. The smallest absolute Gasteiger partial charge is 0.338 e. The molecular formula is C32H29N3O6. The van der Waals surface area contributed by atoms with Crippen LogP contribution in [0.1, 0.15) is 57.7 Å². The van der Waals surface area contributed by atoms with E-state index in [2.05, 4.69) is 5.10 Å². The van der Waals surface area contributed by atoms with Crippen LogP contribution in [0.5, 0.6) is 5.75 Å². The number of hydrogen-bond donors (Lipinski definition) is 0. The molecule has 3 aromatic carbocycles. The second-order valence-corrected chi connectivity index (χ2v) is 10.3. The molecule has 2 saturated heterocycles. The predicted octanol–water partition coefficient (Wildman–Crippen LogP) is 4.41. The summed E-state index contributed by atoms with van der Waals surface area (Å²) in [5.41, 5.74) is 2.76.